The highest BCUT2D eigenvalue weighted by atomic mass is 19.3. The number of halogens is 8. The third-order valence-electron chi connectivity index (χ3n) is 1.75. The van der Waals surface area contributed by atoms with E-state index in [4.69, 9.17) is 0 Å². The van der Waals surface area contributed by atoms with Gasteiger partial charge in [0.05, 0.1) is 0 Å². The topological polar surface area (TPSA) is 35.2 Å². The summed E-state index contributed by atoms with van der Waals surface area (Å²) in [5.41, 5.74) is 2.93. The van der Waals surface area contributed by atoms with Crippen molar-refractivity contribution in [3.05, 3.63) is 23.3 Å². The second-order valence-corrected chi connectivity index (χ2v) is 2.96. The summed E-state index contributed by atoms with van der Waals surface area (Å²) in [6.45, 7) is 0. The van der Waals surface area contributed by atoms with Crippen molar-refractivity contribution in [1.82, 2.24) is 0 Å². The van der Waals surface area contributed by atoms with Gasteiger partial charge < -0.3 is 10.5 Å². The van der Waals surface area contributed by atoms with Crippen molar-refractivity contribution in [2.24, 2.45) is 0 Å². The van der Waals surface area contributed by atoms with E-state index in [1.807, 2.05) is 0 Å². The van der Waals surface area contributed by atoms with Gasteiger partial charge in [-0.25, -0.2) is 8.78 Å². The van der Waals surface area contributed by atoms with Crippen molar-refractivity contribution in [1.29, 1.82) is 0 Å². The monoisotopic (exact) mass is 281 g/mol. The number of hydrogen-bond donors (Lipinski definition) is 1. The molecule has 0 atom stereocenters. The summed E-state index contributed by atoms with van der Waals surface area (Å²) in [5.74, 6) is -11.6. The maximum Gasteiger partial charge on any atom is 0.461 e. The summed E-state index contributed by atoms with van der Waals surface area (Å²) in [6, 6.07) is 0. The van der Waals surface area contributed by atoms with Crippen LogP contribution in [-0.4, -0.2) is 12.5 Å². The lowest BCUT2D eigenvalue weighted by Gasteiger charge is -2.18. The fourth-order valence-corrected chi connectivity index (χ4v) is 0.899. The molecule has 0 amide bonds. The molecule has 0 unspecified atom stereocenters. The Morgan fingerprint density at radius 3 is 1.61 bits per heavy atom. The van der Waals surface area contributed by atoms with Gasteiger partial charge in [-0.05, 0) is 0 Å². The summed E-state index contributed by atoms with van der Waals surface area (Å²) in [6.07, 6.45) is -9.78. The first-order valence-corrected chi connectivity index (χ1v) is 4.06. The van der Waals surface area contributed by atoms with Crippen LogP contribution in [0.25, 0.3) is 0 Å². The van der Waals surface area contributed by atoms with Gasteiger partial charge in [0.15, 0.2) is 11.6 Å². The Balaban J connectivity index is 3.35. The number of alkyl halides is 4. The summed E-state index contributed by atoms with van der Waals surface area (Å²) < 4.78 is 103. The lowest BCUT2D eigenvalue weighted by Crippen LogP contribution is -2.34. The van der Waals surface area contributed by atoms with Crippen molar-refractivity contribution < 1.29 is 39.9 Å². The molecule has 0 bridgehead atoms. The average molecular weight is 281 g/mol. The van der Waals surface area contributed by atoms with E-state index >= 15 is 0 Å². The molecule has 0 heterocycles. The van der Waals surface area contributed by atoms with E-state index < -0.39 is 47.2 Å². The summed E-state index contributed by atoms with van der Waals surface area (Å²) in [7, 11) is 0. The minimum absolute atomic E-state index is 1.63. The Morgan fingerprint density at radius 1 is 0.889 bits per heavy atom. The van der Waals surface area contributed by atoms with Gasteiger partial charge >= 0.3 is 12.5 Å². The maximum absolute atomic E-state index is 12.9. The van der Waals surface area contributed by atoms with E-state index in [9.17, 15) is 35.1 Å². The smallest absolute Gasteiger partial charge is 0.422 e. The van der Waals surface area contributed by atoms with Crippen molar-refractivity contribution in [2.75, 3.05) is 5.73 Å². The maximum atomic E-state index is 12.9. The van der Waals surface area contributed by atoms with Crippen LogP contribution in [0.5, 0.6) is 5.75 Å². The first kappa shape index (κ1) is 14.3. The van der Waals surface area contributed by atoms with E-state index in [-0.39, 0.29) is 0 Å². The number of anilines is 1. The van der Waals surface area contributed by atoms with Crippen LogP contribution in [0.4, 0.5) is 40.8 Å². The highest BCUT2D eigenvalue weighted by Gasteiger charge is 2.46. The summed E-state index contributed by atoms with van der Waals surface area (Å²) >= 11 is 0. The molecule has 10 heteroatoms. The molecule has 1 aromatic rings. The van der Waals surface area contributed by atoms with Crippen molar-refractivity contribution >= 4 is 5.69 Å². The zero-order valence-electron chi connectivity index (χ0n) is 8.09. The van der Waals surface area contributed by atoms with Gasteiger partial charge in [-0.15, -0.1) is 0 Å². The largest absolute Gasteiger partial charge is 0.461 e. The molecule has 0 radical (unpaired) electrons. The molecular weight excluding hydrogens is 278 g/mol. The zero-order chi connectivity index (χ0) is 14.2. The predicted octanol–water partition coefficient (Wildman–Crippen LogP) is 3.06. The molecule has 0 saturated heterocycles. The second kappa shape index (κ2) is 4.50. The molecular formula is C8H3F8NO. The van der Waals surface area contributed by atoms with Crippen LogP contribution >= 0.6 is 0 Å². The molecule has 18 heavy (non-hydrogen) atoms. The average Bonchev–Trinajstić information content (AvgIpc) is 2.29. The number of nitrogens with two attached hydrogens (primary N) is 1. The van der Waals surface area contributed by atoms with Gasteiger partial charge in [-0.2, -0.15) is 26.3 Å². The SMILES string of the molecule is Nc1c(F)c(F)c(OC(F)(F)C(F)F)c(F)c1F. The summed E-state index contributed by atoms with van der Waals surface area (Å²) in [4.78, 5) is 0. The number of hydrogen-bond acceptors (Lipinski definition) is 2. The molecule has 0 aliphatic carbocycles. The van der Waals surface area contributed by atoms with Gasteiger partial charge in [-0.3, -0.25) is 0 Å². The van der Waals surface area contributed by atoms with Crippen LogP contribution in [0, 0.1) is 23.3 Å². The predicted molar refractivity (Wildman–Crippen MR) is 42.3 cm³/mol. The molecule has 0 fully saturated rings. The van der Waals surface area contributed by atoms with Gasteiger partial charge in [-0.1, -0.05) is 0 Å². The van der Waals surface area contributed by atoms with E-state index in [1.165, 1.54) is 0 Å². The minimum Gasteiger partial charge on any atom is -0.422 e. The van der Waals surface area contributed by atoms with Crippen LogP contribution in [0.1, 0.15) is 0 Å². The molecule has 2 N–H and O–H groups in total. The van der Waals surface area contributed by atoms with Crippen LogP contribution < -0.4 is 10.5 Å². The van der Waals surface area contributed by atoms with E-state index in [2.05, 4.69) is 10.5 Å². The molecule has 0 aliphatic heterocycles. The van der Waals surface area contributed by atoms with E-state index in [0.717, 1.165) is 0 Å². The summed E-state index contributed by atoms with van der Waals surface area (Å²) in [5, 5.41) is 0. The Labute approximate surface area is 93.9 Å². The fraction of sp³-hybridized carbons (Fsp3) is 0.250. The molecule has 0 aliphatic rings. The van der Waals surface area contributed by atoms with Crippen molar-refractivity contribution in [3.8, 4) is 5.75 Å². The molecule has 0 aromatic heterocycles. The highest BCUT2D eigenvalue weighted by Crippen LogP contribution is 2.35. The molecule has 1 rings (SSSR count). The fourth-order valence-electron chi connectivity index (χ4n) is 0.899. The normalized spacial score (nSPS) is 12.1. The number of ether oxygens (including phenoxy) is 1. The van der Waals surface area contributed by atoms with Gasteiger partial charge in [0.2, 0.25) is 17.4 Å². The van der Waals surface area contributed by atoms with Gasteiger partial charge in [0, 0.05) is 0 Å². The number of benzene rings is 1. The standard InChI is InChI=1S/C8H3F8NO/c9-1-3(11)6(4(12)2(10)5(1)17)18-8(15,16)7(13)14/h7H,17H2. The zero-order valence-corrected chi connectivity index (χ0v) is 8.09. The Hall–Kier alpha value is -1.74. The Morgan fingerprint density at radius 2 is 1.28 bits per heavy atom. The quantitative estimate of drug-likeness (QED) is 0.525. The van der Waals surface area contributed by atoms with Crippen LogP contribution in [-0.2, 0) is 0 Å². The number of rotatable bonds is 3. The van der Waals surface area contributed by atoms with Crippen molar-refractivity contribution in [2.45, 2.75) is 12.5 Å². The van der Waals surface area contributed by atoms with E-state index in [0.29, 0.717) is 0 Å². The molecule has 0 spiro atoms. The van der Waals surface area contributed by atoms with Gasteiger partial charge in [0.1, 0.15) is 5.69 Å². The van der Waals surface area contributed by atoms with Gasteiger partial charge in [0.25, 0.3) is 0 Å². The van der Waals surface area contributed by atoms with E-state index in [1.54, 1.807) is 0 Å². The first-order valence-electron chi connectivity index (χ1n) is 4.06. The molecule has 0 saturated carbocycles. The lowest BCUT2D eigenvalue weighted by molar-refractivity contribution is -0.255. The molecule has 102 valence electrons. The second-order valence-electron chi connectivity index (χ2n) is 2.96. The van der Waals surface area contributed by atoms with Crippen LogP contribution in [0.3, 0.4) is 0 Å². The Kier molecular flexibility index (Phi) is 3.58. The third kappa shape index (κ3) is 2.27. The molecule has 2 nitrogen and oxygen atoms in total. The lowest BCUT2D eigenvalue weighted by atomic mass is 10.2. The minimum atomic E-state index is -5.32. The van der Waals surface area contributed by atoms with Crippen LogP contribution in [0.2, 0.25) is 0 Å². The third-order valence-corrected chi connectivity index (χ3v) is 1.75. The van der Waals surface area contributed by atoms with Crippen LogP contribution in [0.15, 0.2) is 0 Å². The first-order chi connectivity index (χ1) is 8.09. The highest BCUT2D eigenvalue weighted by molar-refractivity contribution is 5.47. The number of nitrogen functional groups attached to an aromatic ring is 1. The van der Waals surface area contributed by atoms with Crippen molar-refractivity contribution in [3.63, 3.8) is 0 Å². The Bertz CT molecular complexity index is 446. The molecule has 1 aromatic carbocycles.